The maximum absolute atomic E-state index is 14.2. The Morgan fingerprint density at radius 1 is 1.38 bits per heavy atom. The largest absolute Gasteiger partial charge is 0.384 e. The Labute approximate surface area is 152 Å². The van der Waals surface area contributed by atoms with Crippen LogP contribution in [0.15, 0.2) is 29.2 Å². The van der Waals surface area contributed by atoms with Crippen molar-refractivity contribution >= 4 is 34.7 Å². The molecule has 1 amide bonds. The number of nitrogens with zero attached hydrogens (tertiary/aromatic N) is 3. The number of benzene rings is 1. The molecule has 9 heteroatoms. The van der Waals surface area contributed by atoms with Gasteiger partial charge in [-0.05, 0) is 49.6 Å². The number of nitrogens with one attached hydrogen (secondary N) is 2. The molecule has 0 aliphatic heterocycles. The van der Waals surface area contributed by atoms with Gasteiger partial charge in [0.15, 0.2) is 0 Å². The van der Waals surface area contributed by atoms with Crippen molar-refractivity contribution in [2.24, 2.45) is 0 Å². The minimum Gasteiger partial charge on any atom is -0.384 e. The van der Waals surface area contributed by atoms with Gasteiger partial charge in [0.1, 0.15) is 17.2 Å². The van der Waals surface area contributed by atoms with E-state index in [0.29, 0.717) is 33.9 Å². The molecule has 0 bridgehead atoms. The Bertz CT molecular complexity index is 1000. The second kappa shape index (κ2) is 6.24. The fourth-order valence-corrected chi connectivity index (χ4v) is 3.59. The standard InChI is InChI=1S/C17H17FN6OS/c1-17(4-5-17)21-16(25)9-2-3-11(18)10(6-9)8-26-12-7-13(19)20-15-14(12)22-24-23-15/h2-3,6-7H,4-5,8H2,1H3,(H,21,25)(H3,19,20,22,23,24). The molecular weight excluding hydrogens is 355 g/mol. The van der Waals surface area contributed by atoms with Crippen molar-refractivity contribution in [1.82, 2.24) is 25.7 Å². The molecule has 2 aromatic heterocycles. The summed E-state index contributed by atoms with van der Waals surface area (Å²) in [6.07, 6.45) is 1.94. The predicted molar refractivity (Wildman–Crippen MR) is 97.2 cm³/mol. The lowest BCUT2D eigenvalue weighted by Gasteiger charge is -2.12. The van der Waals surface area contributed by atoms with Gasteiger partial charge in [-0.2, -0.15) is 10.3 Å². The van der Waals surface area contributed by atoms with Crippen molar-refractivity contribution in [2.45, 2.75) is 36.0 Å². The van der Waals surface area contributed by atoms with Crippen LogP contribution in [0.3, 0.4) is 0 Å². The van der Waals surface area contributed by atoms with Crippen LogP contribution in [-0.2, 0) is 5.75 Å². The Hall–Kier alpha value is -2.68. The van der Waals surface area contributed by atoms with E-state index in [9.17, 15) is 9.18 Å². The number of nitrogen functional groups attached to an aromatic ring is 1. The zero-order valence-corrected chi connectivity index (χ0v) is 14.9. The van der Waals surface area contributed by atoms with Gasteiger partial charge in [-0.1, -0.05) is 0 Å². The molecule has 7 nitrogen and oxygen atoms in total. The average Bonchev–Trinajstić information content (AvgIpc) is 3.13. The first kappa shape index (κ1) is 16.8. The van der Waals surface area contributed by atoms with Crippen LogP contribution in [0, 0.1) is 5.82 Å². The summed E-state index contributed by atoms with van der Waals surface area (Å²) in [6.45, 7) is 2.00. The number of nitrogens with two attached hydrogens (primary N) is 1. The summed E-state index contributed by atoms with van der Waals surface area (Å²) in [6, 6.07) is 6.10. The third-order valence-corrected chi connectivity index (χ3v) is 5.46. The smallest absolute Gasteiger partial charge is 0.251 e. The van der Waals surface area contributed by atoms with Crippen LogP contribution >= 0.6 is 11.8 Å². The summed E-state index contributed by atoms with van der Waals surface area (Å²) in [4.78, 5) is 17.2. The van der Waals surface area contributed by atoms with Gasteiger partial charge in [-0.15, -0.1) is 16.9 Å². The molecule has 0 spiro atoms. The highest BCUT2D eigenvalue weighted by atomic mass is 32.2. The molecule has 0 atom stereocenters. The highest BCUT2D eigenvalue weighted by molar-refractivity contribution is 7.98. The van der Waals surface area contributed by atoms with Crippen LogP contribution in [0.5, 0.6) is 0 Å². The lowest BCUT2D eigenvalue weighted by atomic mass is 10.1. The Morgan fingerprint density at radius 2 is 2.19 bits per heavy atom. The summed E-state index contributed by atoms with van der Waals surface area (Å²) in [5.74, 6) is 0.115. The van der Waals surface area contributed by atoms with Crippen LogP contribution in [0.1, 0.15) is 35.7 Å². The van der Waals surface area contributed by atoms with Gasteiger partial charge in [0.05, 0.1) is 0 Å². The number of carbonyl (C=O) groups is 1. The zero-order valence-electron chi connectivity index (χ0n) is 14.0. The van der Waals surface area contributed by atoms with Crippen molar-refractivity contribution in [1.29, 1.82) is 0 Å². The number of thioether (sulfide) groups is 1. The first-order valence-corrected chi connectivity index (χ1v) is 9.13. The highest BCUT2D eigenvalue weighted by Crippen LogP contribution is 2.35. The maximum Gasteiger partial charge on any atom is 0.251 e. The average molecular weight is 372 g/mol. The van der Waals surface area contributed by atoms with Crippen molar-refractivity contribution in [3.8, 4) is 0 Å². The minimum absolute atomic E-state index is 0.118. The van der Waals surface area contributed by atoms with E-state index in [4.69, 9.17) is 5.73 Å². The van der Waals surface area contributed by atoms with E-state index in [0.717, 1.165) is 17.7 Å². The fourth-order valence-electron chi connectivity index (χ4n) is 2.58. The summed E-state index contributed by atoms with van der Waals surface area (Å²) in [5.41, 5.74) is 7.55. The summed E-state index contributed by atoms with van der Waals surface area (Å²) in [5, 5.41) is 13.5. The fraction of sp³-hybridized carbons (Fsp3) is 0.294. The molecule has 1 fully saturated rings. The number of hydrogen-bond donors (Lipinski definition) is 3. The second-order valence-electron chi connectivity index (χ2n) is 6.65. The van der Waals surface area contributed by atoms with E-state index >= 15 is 0 Å². The number of carbonyl (C=O) groups excluding carboxylic acids is 1. The lowest BCUT2D eigenvalue weighted by Crippen LogP contribution is -2.34. The molecule has 1 saturated carbocycles. The molecule has 0 unspecified atom stereocenters. The van der Waals surface area contributed by atoms with Crippen LogP contribution in [0.2, 0.25) is 0 Å². The lowest BCUT2D eigenvalue weighted by molar-refractivity contribution is 0.0935. The van der Waals surface area contributed by atoms with E-state index in [1.165, 1.54) is 23.9 Å². The van der Waals surface area contributed by atoms with E-state index in [2.05, 4.69) is 25.7 Å². The number of aromatic nitrogens is 4. The number of rotatable bonds is 5. The maximum atomic E-state index is 14.2. The Kier molecular flexibility index (Phi) is 4.03. The summed E-state index contributed by atoms with van der Waals surface area (Å²) >= 11 is 1.37. The second-order valence-corrected chi connectivity index (χ2v) is 7.67. The molecule has 3 aromatic rings. The molecule has 134 valence electrons. The normalized spacial score (nSPS) is 15.2. The number of halogens is 1. The van der Waals surface area contributed by atoms with Crippen LogP contribution in [0.25, 0.3) is 11.2 Å². The highest BCUT2D eigenvalue weighted by Gasteiger charge is 2.38. The van der Waals surface area contributed by atoms with Crippen molar-refractivity contribution < 1.29 is 9.18 Å². The monoisotopic (exact) mass is 372 g/mol. The quantitative estimate of drug-likeness (QED) is 0.594. The molecule has 2 heterocycles. The van der Waals surface area contributed by atoms with Crippen LogP contribution < -0.4 is 11.1 Å². The molecule has 4 rings (SSSR count). The molecule has 0 saturated heterocycles. The number of pyridine rings is 1. The molecule has 26 heavy (non-hydrogen) atoms. The number of hydrogen-bond acceptors (Lipinski definition) is 6. The van der Waals surface area contributed by atoms with Gasteiger partial charge >= 0.3 is 0 Å². The van der Waals surface area contributed by atoms with Gasteiger partial charge < -0.3 is 11.1 Å². The number of aromatic amines is 1. The Morgan fingerprint density at radius 3 is 2.96 bits per heavy atom. The number of H-pyrrole nitrogens is 1. The third kappa shape index (κ3) is 3.34. The van der Waals surface area contributed by atoms with E-state index in [1.807, 2.05) is 6.92 Å². The molecule has 0 radical (unpaired) electrons. The summed E-state index contributed by atoms with van der Waals surface area (Å²) in [7, 11) is 0. The zero-order chi connectivity index (χ0) is 18.3. The van der Waals surface area contributed by atoms with E-state index in [1.54, 1.807) is 12.1 Å². The van der Waals surface area contributed by atoms with E-state index in [-0.39, 0.29) is 17.3 Å². The first-order valence-electron chi connectivity index (χ1n) is 8.14. The third-order valence-electron chi connectivity index (χ3n) is 4.38. The van der Waals surface area contributed by atoms with Crippen molar-refractivity contribution in [2.75, 3.05) is 5.73 Å². The number of amides is 1. The van der Waals surface area contributed by atoms with Crippen LogP contribution in [-0.4, -0.2) is 31.8 Å². The first-order chi connectivity index (χ1) is 12.4. The minimum atomic E-state index is -0.356. The molecule has 1 aliphatic rings. The van der Waals surface area contributed by atoms with Gasteiger partial charge in [0.25, 0.3) is 5.91 Å². The topological polar surface area (TPSA) is 110 Å². The van der Waals surface area contributed by atoms with E-state index < -0.39 is 0 Å². The van der Waals surface area contributed by atoms with Gasteiger partial charge in [0.2, 0.25) is 5.65 Å². The summed E-state index contributed by atoms with van der Waals surface area (Å²) < 4.78 is 14.2. The molecule has 1 aromatic carbocycles. The molecule has 4 N–H and O–H groups in total. The van der Waals surface area contributed by atoms with Crippen LogP contribution in [0.4, 0.5) is 10.2 Å². The predicted octanol–water partition coefficient (Wildman–Crippen LogP) is 2.65. The molecule has 1 aliphatic carbocycles. The SMILES string of the molecule is CC1(NC(=O)c2ccc(F)c(CSc3cc(N)nc4n[nH]nc34)c2)CC1. The Balaban J connectivity index is 1.54. The number of anilines is 1. The van der Waals surface area contributed by atoms with Crippen molar-refractivity contribution in [3.63, 3.8) is 0 Å². The van der Waals surface area contributed by atoms with Crippen molar-refractivity contribution in [3.05, 3.63) is 41.2 Å². The molecular formula is C17H17FN6OS. The van der Waals surface area contributed by atoms with Gasteiger partial charge in [-0.3, -0.25) is 4.79 Å². The van der Waals surface area contributed by atoms with Gasteiger partial charge in [-0.25, -0.2) is 9.37 Å². The van der Waals surface area contributed by atoms with Gasteiger partial charge in [0, 0.05) is 21.8 Å². The number of fused-ring (bicyclic) bond motifs is 1.